The molecule has 0 bridgehead atoms. The number of benzene rings is 1. The van der Waals surface area contributed by atoms with Crippen molar-refractivity contribution in [2.45, 2.75) is 26.6 Å². The molecule has 1 aromatic carbocycles. The highest BCUT2D eigenvalue weighted by Gasteiger charge is 2.27. The molecule has 9 heteroatoms. The molecule has 0 saturated heterocycles. The Balaban J connectivity index is 1.53. The second kappa shape index (κ2) is 6.91. The molecular formula is C19H18F2N6O. The maximum atomic E-state index is 14.0. The van der Waals surface area contributed by atoms with E-state index in [0.29, 0.717) is 13.1 Å². The lowest BCUT2D eigenvalue weighted by molar-refractivity contribution is 0.211. The Kier molecular flexibility index (Phi) is 4.42. The molecule has 144 valence electrons. The van der Waals surface area contributed by atoms with Gasteiger partial charge in [-0.25, -0.2) is 18.6 Å². The summed E-state index contributed by atoms with van der Waals surface area (Å²) < 4.78 is 29.0. The number of nitrogens with zero attached hydrogens (tertiary/aromatic N) is 4. The Labute approximate surface area is 159 Å². The van der Waals surface area contributed by atoms with E-state index >= 15 is 0 Å². The van der Waals surface area contributed by atoms with Gasteiger partial charge in [-0.1, -0.05) is 0 Å². The number of aromatic nitrogens is 3. The van der Waals surface area contributed by atoms with E-state index in [2.05, 4.69) is 15.4 Å². The molecule has 28 heavy (non-hydrogen) atoms. The fraction of sp³-hybridized carbons (Fsp3) is 0.211. The number of aryl methyl sites for hydroxylation is 1. The van der Waals surface area contributed by atoms with E-state index in [1.54, 1.807) is 4.90 Å². The largest absolute Gasteiger partial charge is 0.396 e. The van der Waals surface area contributed by atoms with Gasteiger partial charge in [-0.3, -0.25) is 10.00 Å². The number of nitrogens with two attached hydrogens (primary N) is 1. The zero-order valence-corrected chi connectivity index (χ0v) is 15.1. The summed E-state index contributed by atoms with van der Waals surface area (Å²) in [5, 5.41) is 7.09. The lowest BCUT2D eigenvalue weighted by atomic mass is 10.1. The van der Waals surface area contributed by atoms with Crippen LogP contribution in [0.25, 0.3) is 11.3 Å². The standard InChI is InChI=1S/C19H18F2N6O/c1-2-27-9-11-8-26(10-17(11)25-27)19(28)24-18-15(22)5-6-16(23-18)13-4-3-12(20)7-14(13)21/h3-7,9H,2,8,10,22H2,1H3,(H,23,24,28). The fourth-order valence-electron chi connectivity index (χ4n) is 3.11. The number of rotatable bonds is 3. The van der Waals surface area contributed by atoms with Gasteiger partial charge in [0.05, 0.1) is 30.2 Å². The van der Waals surface area contributed by atoms with Crippen molar-refractivity contribution in [2.24, 2.45) is 0 Å². The molecule has 7 nitrogen and oxygen atoms in total. The first-order chi connectivity index (χ1) is 13.4. The smallest absolute Gasteiger partial charge is 0.323 e. The van der Waals surface area contributed by atoms with Crippen LogP contribution in [0.3, 0.4) is 0 Å². The van der Waals surface area contributed by atoms with Gasteiger partial charge in [-0.2, -0.15) is 5.10 Å². The van der Waals surface area contributed by atoms with Crippen LogP contribution < -0.4 is 11.1 Å². The van der Waals surface area contributed by atoms with Crippen molar-refractivity contribution in [3.05, 3.63) is 59.4 Å². The van der Waals surface area contributed by atoms with Gasteiger partial charge in [0.25, 0.3) is 0 Å². The summed E-state index contributed by atoms with van der Waals surface area (Å²) in [5.41, 5.74) is 8.38. The second-order valence-corrected chi connectivity index (χ2v) is 6.50. The zero-order chi connectivity index (χ0) is 19.8. The highest BCUT2D eigenvalue weighted by atomic mass is 19.1. The highest BCUT2D eigenvalue weighted by Crippen LogP contribution is 2.27. The summed E-state index contributed by atoms with van der Waals surface area (Å²) in [6.07, 6.45) is 1.92. The van der Waals surface area contributed by atoms with Gasteiger partial charge in [0, 0.05) is 29.9 Å². The number of urea groups is 1. The monoisotopic (exact) mass is 384 g/mol. The van der Waals surface area contributed by atoms with E-state index in [1.165, 1.54) is 18.2 Å². The highest BCUT2D eigenvalue weighted by molar-refractivity contribution is 5.92. The minimum Gasteiger partial charge on any atom is -0.396 e. The minimum atomic E-state index is -0.743. The number of carbonyl (C=O) groups is 1. The van der Waals surface area contributed by atoms with Crippen LogP contribution in [0.15, 0.2) is 36.5 Å². The molecule has 4 rings (SSSR count). The lowest BCUT2D eigenvalue weighted by Gasteiger charge is -2.17. The molecule has 1 aliphatic rings. The molecule has 0 atom stereocenters. The van der Waals surface area contributed by atoms with Crippen LogP contribution in [0, 0.1) is 11.6 Å². The van der Waals surface area contributed by atoms with Gasteiger partial charge in [0.15, 0.2) is 5.82 Å². The minimum absolute atomic E-state index is 0.117. The number of halogens is 2. The lowest BCUT2D eigenvalue weighted by Crippen LogP contribution is -2.31. The van der Waals surface area contributed by atoms with Crippen molar-refractivity contribution in [3.63, 3.8) is 0 Å². The van der Waals surface area contributed by atoms with Gasteiger partial charge >= 0.3 is 6.03 Å². The fourth-order valence-corrected chi connectivity index (χ4v) is 3.11. The van der Waals surface area contributed by atoms with Crippen molar-refractivity contribution in [1.82, 2.24) is 19.7 Å². The maximum absolute atomic E-state index is 14.0. The third-order valence-corrected chi connectivity index (χ3v) is 4.60. The van der Waals surface area contributed by atoms with Gasteiger partial charge < -0.3 is 10.6 Å². The Hall–Kier alpha value is -3.49. The molecule has 3 N–H and O–H groups in total. The average molecular weight is 384 g/mol. The number of nitrogens with one attached hydrogen (secondary N) is 1. The summed E-state index contributed by atoms with van der Waals surface area (Å²) in [6, 6.07) is 5.87. The summed E-state index contributed by atoms with van der Waals surface area (Å²) in [7, 11) is 0. The van der Waals surface area contributed by atoms with Crippen LogP contribution in [0.2, 0.25) is 0 Å². The quantitative estimate of drug-likeness (QED) is 0.725. The number of pyridine rings is 1. The molecular weight excluding hydrogens is 366 g/mol. The molecule has 2 amide bonds. The van der Waals surface area contributed by atoms with Gasteiger partial charge in [0.2, 0.25) is 0 Å². The summed E-state index contributed by atoms with van der Waals surface area (Å²) in [5.74, 6) is -1.30. The number of anilines is 2. The summed E-state index contributed by atoms with van der Waals surface area (Å²) in [6.45, 7) is 3.60. The van der Waals surface area contributed by atoms with Crippen molar-refractivity contribution < 1.29 is 13.6 Å². The van der Waals surface area contributed by atoms with E-state index < -0.39 is 11.6 Å². The average Bonchev–Trinajstić information content (AvgIpc) is 3.22. The topological polar surface area (TPSA) is 89.1 Å². The predicted octanol–water partition coefficient (Wildman–Crippen LogP) is 3.37. The third kappa shape index (κ3) is 3.26. The second-order valence-electron chi connectivity index (χ2n) is 6.50. The molecule has 2 aromatic heterocycles. The third-order valence-electron chi connectivity index (χ3n) is 4.60. The van der Waals surface area contributed by atoms with E-state index in [1.807, 2.05) is 17.8 Å². The molecule has 0 saturated carbocycles. The summed E-state index contributed by atoms with van der Waals surface area (Å²) in [4.78, 5) is 18.4. The molecule has 1 aliphatic heterocycles. The number of nitrogen functional groups attached to an aromatic ring is 1. The molecule has 0 aliphatic carbocycles. The van der Waals surface area contributed by atoms with Crippen LogP contribution in [-0.2, 0) is 19.6 Å². The first kappa shape index (κ1) is 17.9. The Morgan fingerprint density at radius 2 is 2.07 bits per heavy atom. The zero-order valence-electron chi connectivity index (χ0n) is 15.1. The van der Waals surface area contributed by atoms with E-state index in [9.17, 15) is 13.6 Å². The van der Waals surface area contributed by atoms with Crippen LogP contribution in [-0.4, -0.2) is 25.7 Å². The van der Waals surface area contributed by atoms with Crippen LogP contribution in [0.1, 0.15) is 18.2 Å². The van der Waals surface area contributed by atoms with Crippen molar-refractivity contribution in [1.29, 1.82) is 0 Å². The predicted molar refractivity (Wildman–Crippen MR) is 100 cm³/mol. The maximum Gasteiger partial charge on any atom is 0.323 e. The van der Waals surface area contributed by atoms with E-state index in [0.717, 1.165) is 29.9 Å². The van der Waals surface area contributed by atoms with E-state index in [-0.39, 0.29) is 28.8 Å². The van der Waals surface area contributed by atoms with Crippen molar-refractivity contribution in [3.8, 4) is 11.3 Å². The van der Waals surface area contributed by atoms with Crippen LogP contribution in [0.4, 0.5) is 25.1 Å². The number of amides is 2. The van der Waals surface area contributed by atoms with E-state index in [4.69, 9.17) is 5.73 Å². The molecule has 3 aromatic rings. The number of fused-ring (bicyclic) bond motifs is 1. The van der Waals surface area contributed by atoms with Gasteiger partial charge in [0.1, 0.15) is 11.6 Å². The molecule has 0 spiro atoms. The van der Waals surface area contributed by atoms with Crippen LogP contribution >= 0.6 is 0 Å². The number of hydrogen-bond donors (Lipinski definition) is 2. The van der Waals surface area contributed by atoms with Gasteiger partial charge in [-0.15, -0.1) is 0 Å². The first-order valence-electron chi connectivity index (χ1n) is 8.77. The number of hydrogen-bond acceptors (Lipinski definition) is 4. The molecule has 0 fully saturated rings. The SMILES string of the molecule is CCn1cc2c(n1)CN(C(=O)Nc1nc(-c3ccc(F)cc3F)ccc1N)C2. The van der Waals surface area contributed by atoms with Crippen molar-refractivity contribution >= 4 is 17.5 Å². The summed E-state index contributed by atoms with van der Waals surface area (Å²) >= 11 is 0. The first-order valence-corrected chi connectivity index (χ1v) is 8.77. The Morgan fingerprint density at radius 3 is 2.79 bits per heavy atom. The van der Waals surface area contributed by atoms with Crippen molar-refractivity contribution in [2.75, 3.05) is 11.1 Å². The number of carbonyl (C=O) groups excluding carboxylic acids is 1. The normalized spacial score (nSPS) is 12.9. The van der Waals surface area contributed by atoms with Gasteiger partial charge in [-0.05, 0) is 31.2 Å². The molecule has 0 radical (unpaired) electrons. The molecule has 3 heterocycles. The molecule has 0 unspecified atom stereocenters. The van der Waals surface area contributed by atoms with Crippen LogP contribution in [0.5, 0.6) is 0 Å². The Morgan fingerprint density at radius 1 is 1.25 bits per heavy atom. The Bertz CT molecular complexity index is 1040.